The highest BCUT2D eigenvalue weighted by molar-refractivity contribution is 5.99. The molecule has 1 saturated heterocycles. The quantitative estimate of drug-likeness (QED) is 0.0942. The Morgan fingerprint density at radius 2 is 1.82 bits per heavy atom. The molecule has 1 aliphatic rings. The van der Waals surface area contributed by atoms with Crippen LogP contribution in [0.3, 0.4) is 0 Å². The van der Waals surface area contributed by atoms with Gasteiger partial charge in [0.15, 0.2) is 11.7 Å². The van der Waals surface area contributed by atoms with Crippen molar-refractivity contribution in [1.82, 2.24) is 5.32 Å². The molecule has 6 unspecified atom stereocenters. The molecule has 0 saturated carbocycles. The van der Waals surface area contributed by atoms with Crippen molar-refractivity contribution in [3.05, 3.63) is 99.9 Å². The number of aliphatic hydroxyl groups excluding tert-OH is 2. The molecule has 0 spiro atoms. The van der Waals surface area contributed by atoms with E-state index in [0.717, 1.165) is 12.8 Å². The lowest BCUT2D eigenvalue weighted by Gasteiger charge is -2.46. The minimum Gasteiger partial charge on any atom is -0.508 e. The number of fused-ring (bicyclic) bond motifs is 1. The molecule has 1 aliphatic heterocycles. The molecule has 1 aromatic heterocycles. The van der Waals surface area contributed by atoms with Crippen molar-refractivity contribution in [3.63, 3.8) is 0 Å². The molecule has 1 amide bonds. The van der Waals surface area contributed by atoms with Gasteiger partial charge in [0.2, 0.25) is 17.5 Å². The first-order valence-corrected chi connectivity index (χ1v) is 16.6. The molecule has 0 bridgehead atoms. The van der Waals surface area contributed by atoms with E-state index in [-0.39, 0.29) is 46.1 Å². The van der Waals surface area contributed by atoms with Crippen LogP contribution >= 0.6 is 0 Å². The van der Waals surface area contributed by atoms with Crippen LogP contribution in [0.2, 0.25) is 0 Å². The van der Waals surface area contributed by atoms with Crippen LogP contribution in [0.15, 0.2) is 82.0 Å². The second kappa shape index (κ2) is 15.9. The maximum atomic E-state index is 13.5. The van der Waals surface area contributed by atoms with E-state index < -0.39 is 53.3 Å². The van der Waals surface area contributed by atoms with E-state index in [9.17, 15) is 39.9 Å². The smallest absolute Gasteiger partial charge is 0.335 e. The number of aryl methyl sites for hydroxylation is 1. The minimum atomic E-state index is -2.34. The summed E-state index contributed by atoms with van der Waals surface area (Å²) in [7, 11) is 0. The molecule has 13 nitrogen and oxygen atoms in total. The van der Waals surface area contributed by atoms with Gasteiger partial charge >= 0.3 is 5.97 Å². The maximum absolute atomic E-state index is 13.5. The van der Waals surface area contributed by atoms with Gasteiger partial charge < -0.3 is 50.5 Å². The van der Waals surface area contributed by atoms with Crippen molar-refractivity contribution in [1.29, 1.82) is 0 Å². The third-order valence-electron chi connectivity index (χ3n) is 9.05. The number of phenols is 1. The van der Waals surface area contributed by atoms with Crippen LogP contribution < -0.4 is 21.2 Å². The van der Waals surface area contributed by atoms with Crippen LogP contribution in [0.5, 0.6) is 11.5 Å². The third-order valence-corrected chi connectivity index (χ3v) is 9.05. The summed E-state index contributed by atoms with van der Waals surface area (Å²) in [6, 6.07) is 17.6. The lowest BCUT2D eigenvalue weighted by molar-refractivity contribution is -0.311. The van der Waals surface area contributed by atoms with E-state index in [4.69, 9.17) is 19.6 Å². The van der Waals surface area contributed by atoms with Crippen molar-refractivity contribution in [3.8, 4) is 22.6 Å². The molecule has 0 radical (unpaired) electrons. The molecule has 3 aromatic carbocycles. The number of benzene rings is 3. The number of ether oxygens (including phenoxy) is 2. The van der Waals surface area contributed by atoms with Gasteiger partial charge in [-0.05, 0) is 72.7 Å². The second-order valence-corrected chi connectivity index (χ2v) is 12.7. The van der Waals surface area contributed by atoms with Gasteiger partial charge in [0, 0.05) is 12.6 Å². The number of hydrogen-bond donors (Lipinski definition) is 7. The molecular weight excluding hydrogens is 660 g/mol. The number of carboxylic acids is 1. The fourth-order valence-electron chi connectivity index (χ4n) is 6.09. The Morgan fingerprint density at radius 1 is 1.10 bits per heavy atom. The summed E-state index contributed by atoms with van der Waals surface area (Å²) in [5.41, 5.74) is 5.08. The zero-order valence-corrected chi connectivity index (χ0v) is 28.2. The third kappa shape index (κ3) is 8.14. The number of aromatic hydroxyl groups is 1. The van der Waals surface area contributed by atoms with Gasteiger partial charge in [-0.1, -0.05) is 62.4 Å². The standard InChI is InChI=1S/C38H42N2O11/c1-3-22-8-4-5-9-23(22)10-6-7-21(2)17-18-40-20-38(48)34(44)31(43)33(36(46)47)51-37(38)49-26-15-16-27-28(19-26)50-32(35(39)45)29(30(27)42)24-11-13-25(41)14-12-24/h4-6,8-16,19,21,31,33-34,37,40-41,43-44,48H,3,7,17-18,20H2,1-2H3,(H2,39,45)(H,46,47). The van der Waals surface area contributed by atoms with Gasteiger partial charge in [0.25, 0.3) is 5.91 Å². The fourth-order valence-corrected chi connectivity index (χ4v) is 6.09. The number of aliphatic hydroxyl groups is 3. The number of nitrogens with one attached hydrogen (secondary N) is 1. The molecule has 4 aromatic rings. The van der Waals surface area contributed by atoms with Crippen molar-refractivity contribution < 1.29 is 49.0 Å². The average Bonchev–Trinajstić information content (AvgIpc) is 3.11. The number of carbonyl (C=O) groups excluding carboxylic acids is 1. The molecule has 0 aliphatic carbocycles. The van der Waals surface area contributed by atoms with Gasteiger partial charge in [-0.2, -0.15) is 0 Å². The largest absolute Gasteiger partial charge is 0.508 e. The van der Waals surface area contributed by atoms with Gasteiger partial charge in [-0.3, -0.25) is 9.59 Å². The van der Waals surface area contributed by atoms with Crippen molar-refractivity contribution in [2.45, 2.75) is 63.3 Å². The van der Waals surface area contributed by atoms with E-state index in [2.05, 4.69) is 43.4 Å². The zero-order chi connectivity index (χ0) is 36.9. The molecule has 51 heavy (non-hydrogen) atoms. The summed E-state index contributed by atoms with van der Waals surface area (Å²) in [6.45, 7) is 4.24. The Hall–Kier alpha value is -5.05. The first-order chi connectivity index (χ1) is 24.3. The van der Waals surface area contributed by atoms with Crippen molar-refractivity contribution >= 4 is 28.9 Å². The average molecular weight is 703 g/mol. The van der Waals surface area contributed by atoms with Gasteiger partial charge in [-0.15, -0.1) is 0 Å². The van der Waals surface area contributed by atoms with Crippen LogP contribution in [0, 0.1) is 5.92 Å². The van der Waals surface area contributed by atoms with Crippen LogP contribution in [-0.2, 0) is 16.0 Å². The Morgan fingerprint density at radius 3 is 2.51 bits per heavy atom. The first-order valence-electron chi connectivity index (χ1n) is 16.6. The number of aliphatic carboxylic acids is 1. The lowest BCUT2D eigenvalue weighted by Crippen LogP contribution is -2.71. The Kier molecular flexibility index (Phi) is 11.6. The number of nitrogens with two attached hydrogens (primary N) is 1. The zero-order valence-electron chi connectivity index (χ0n) is 28.2. The van der Waals surface area contributed by atoms with E-state index in [1.54, 1.807) is 0 Å². The fraction of sp³-hybridized carbons (Fsp3) is 0.342. The number of primary amides is 1. The summed E-state index contributed by atoms with van der Waals surface area (Å²) < 4.78 is 17.1. The summed E-state index contributed by atoms with van der Waals surface area (Å²) >= 11 is 0. The van der Waals surface area contributed by atoms with Crippen LogP contribution in [0.25, 0.3) is 28.2 Å². The second-order valence-electron chi connectivity index (χ2n) is 12.7. The van der Waals surface area contributed by atoms with Gasteiger partial charge in [-0.25, -0.2) is 4.79 Å². The van der Waals surface area contributed by atoms with Gasteiger partial charge in [0.1, 0.15) is 29.3 Å². The highest BCUT2D eigenvalue weighted by Gasteiger charge is 2.58. The van der Waals surface area contributed by atoms with Crippen molar-refractivity contribution in [2.75, 3.05) is 13.1 Å². The summed E-state index contributed by atoms with van der Waals surface area (Å²) in [5.74, 6) is -2.96. The number of carboxylic acid groups (broad SMARTS) is 1. The van der Waals surface area contributed by atoms with E-state index in [1.807, 2.05) is 12.1 Å². The molecule has 8 N–H and O–H groups in total. The Labute approximate surface area is 293 Å². The molecule has 2 heterocycles. The molecule has 13 heteroatoms. The predicted molar refractivity (Wildman–Crippen MR) is 188 cm³/mol. The molecule has 270 valence electrons. The Bertz CT molecular complexity index is 1960. The first kappa shape index (κ1) is 37.2. The van der Waals surface area contributed by atoms with E-state index >= 15 is 0 Å². The monoisotopic (exact) mass is 702 g/mol. The highest BCUT2D eigenvalue weighted by atomic mass is 16.7. The number of rotatable bonds is 14. The van der Waals surface area contributed by atoms with E-state index in [1.165, 1.54) is 53.6 Å². The topological polar surface area (TPSA) is 222 Å². The van der Waals surface area contributed by atoms with Gasteiger partial charge in [0.05, 0.1) is 10.9 Å². The molecule has 6 atom stereocenters. The molecule has 5 rings (SSSR count). The normalized spacial score (nSPS) is 22.6. The number of allylic oxidation sites excluding steroid dienone is 1. The Balaban J connectivity index is 1.33. The molecular formula is C38H42N2O11. The summed E-state index contributed by atoms with van der Waals surface area (Å²) in [4.78, 5) is 37.7. The van der Waals surface area contributed by atoms with Crippen LogP contribution in [0.4, 0.5) is 0 Å². The molecule has 1 fully saturated rings. The lowest BCUT2D eigenvalue weighted by atomic mass is 9.86. The highest BCUT2D eigenvalue weighted by Crippen LogP contribution is 2.34. The van der Waals surface area contributed by atoms with Crippen LogP contribution in [-0.4, -0.2) is 80.7 Å². The number of carbonyl (C=O) groups is 2. The number of hydrogen-bond acceptors (Lipinski definition) is 11. The maximum Gasteiger partial charge on any atom is 0.335 e. The SMILES string of the molecule is CCc1ccccc1C=CCC(C)CCNCC1(O)C(Oc2ccc3c(=O)c(-c4ccc(O)cc4)c(C(N)=O)oc3c2)OC(C(=O)O)C(O)C1O. The predicted octanol–water partition coefficient (Wildman–Crippen LogP) is 3.19. The number of phenolic OH excluding ortho intramolecular Hbond substituents is 1. The number of amides is 1. The van der Waals surface area contributed by atoms with E-state index in [0.29, 0.717) is 13.0 Å². The minimum absolute atomic E-state index is 0.0364. The van der Waals surface area contributed by atoms with Crippen molar-refractivity contribution in [2.24, 2.45) is 11.7 Å². The van der Waals surface area contributed by atoms with Crippen LogP contribution in [0.1, 0.15) is 48.4 Å². The summed E-state index contributed by atoms with van der Waals surface area (Å²) in [6.07, 6.45) is -1.12. The summed E-state index contributed by atoms with van der Waals surface area (Å²) in [5, 5.41) is 55.7.